The van der Waals surface area contributed by atoms with E-state index in [1.807, 2.05) is 4.90 Å². The molecule has 125 heavy (non-hydrogen) atoms. The average molecular weight is 1840 g/mol. The number of amides is 4. The number of benzene rings is 4. The second-order valence-electron chi connectivity index (χ2n) is 31.5. The maximum atomic E-state index is 14.6. The van der Waals surface area contributed by atoms with Crippen molar-refractivity contribution in [2.75, 3.05) is 144 Å². The van der Waals surface area contributed by atoms with Crippen molar-refractivity contribution in [2.24, 2.45) is 23.7 Å². The lowest BCUT2D eigenvalue weighted by atomic mass is 9.96. The number of rotatable bonds is 12. The van der Waals surface area contributed by atoms with Gasteiger partial charge in [0.05, 0.1) is 70.2 Å². The number of carbonyl (C=O) groups is 4. The van der Waals surface area contributed by atoms with Crippen LogP contribution in [0.4, 0.5) is 80.5 Å². The smallest absolute Gasteiger partial charge is 0.350 e. The molecule has 8 aliphatic heterocycles. The van der Waals surface area contributed by atoms with Crippen molar-refractivity contribution in [2.45, 2.75) is 94.1 Å². The molecule has 676 valence electrons. The van der Waals surface area contributed by atoms with Gasteiger partial charge in [0.15, 0.2) is 17.5 Å². The molecule has 45 heteroatoms. The Labute approximate surface area is 709 Å². The van der Waals surface area contributed by atoms with Crippen molar-refractivity contribution < 1.29 is 123 Å². The van der Waals surface area contributed by atoms with E-state index >= 15 is 0 Å². The lowest BCUT2D eigenvalue weighted by Gasteiger charge is -2.43. The Morgan fingerprint density at radius 1 is 0.328 bits per heavy atom. The fourth-order valence-electron chi connectivity index (χ4n) is 16.5. The quantitative estimate of drug-likeness (QED) is 0.103. The van der Waals surface area contributed by atoms with Crippen LogP contribution in [-0.4, -0.2) is 227 Å². The molecule has 4 atom stereocenters. The van der Waals surface area contributed by atoms with Crippen LogP contribution < -0.4 is 19.6 Å². The van der Waals surface area contributed by atoms with Crippen LogP contribution >= 0.6 is 0 Å². The molecule has 0 bridgehead atoms. The summed E-state index contributed by atoms with van der Waals surface area (Å²) in [6, 6.07) is 25.1. The van der Waals surface area contributed by atoms with Crippen LogP contribution in [0.3, 0.4) is 0 Å². The first-order chi connectivity index (χ1) is 59.0. The number of hydrogen-bond donors (Lipinski definition) is 0. The molecule has 2 unspecified atom stereocenters. The number of sulfone groups is 4. The standard InChI is InChI=1S/3C20H21F4N3O4S.C20H23FN4O3S/c3*21-15-3-1-13(2-4-15)16-12-26(18-11-17(31-25-18)20(22,23)24)7-8-27(16)19(28)14-5-9-32(29,30)10-6-14;21-17-5-2-1-4-16(17)18-14-24(20-22-8-3-9-23-20)10-11-25(18)19(26)15-6-12-29(27,28)13-7-15/h3*1-4,11,14,16H,5-10,12H2;1-5,8-9,15,18H,6-7,10-14H2/t2*16-;;/m10../s1. The summed E-state index contributed by atoms with van der Waals surface area (Å²) in [5.41, 5.74) is 2.30. The number of halogens is 13. The third kappa shape index (κ3) is 23.1. The molecule has 0 saturated carbocycles. The van der Waals surface area contributed by atoms with Gasteiger partial charge in [0.2, 0.25) is 46.9 Å². The maximum absolute atomic E-state index is 14.6. The molecule has 4 amide bonds. The predicted octanol–water partition coefficient (Wildman–Crippen LogP) is 11.0. The Bertz CT molecular complexity index is 5140. The Morgan fingerprint density at radius 3 is 0.848 bits per heavy atom. The highest BCUT2D eigenvalue weighted by atomic mass is 32.2. The van der Waals surface area contributed by atoms with E-state index in [1.54, 1.807) is 71.0 Å². The van der Waals surface area contributed by atoms with Crippen LogP contribution in [0.25, 0.3) is 0 Å². The second kappa shape index (κ2) is 38.0. The van der Waals surface area contributed by atoms with Crippen molar-refractivity contribution in [3.63, 3.8) is 0 Å². The molecule has 4 aromatic carbocycles. The van der Waals surface area contributed by atoms with Gasteiger partial charge >= 0.3 is 18.5 Å². The summed E-state index contributed by atoms with van der Waals surface area (Å²) in [5, 5.41) is 10.6. The SMILES string of the molecule is O=C(C1CCS(=O)(=O)CC1)N1CCN(c2cc(C(F)(F)F)on2)CC1c1ccc(F)cc1.O=C(C1CCS(=O)(=O)CC1)N1CCN(c2cc(C(F)(F)F)on2)C[C@@H]1c1ccc(F)cc1.O=C(C1CCS(=O)(=O)CC1)N1CCN(c2cc(C(F)(F)F)on2)C[C@H]1c1ccc(F)cc1.O=C(C1CCS(=O)(=O)CC1)N1CCN(c2ncccn2)CC1c1ccccc1F. The average Bonchev–Trinajstić information content (AvgIpc) is 1.75. The highest BCUT2D eigenvalue weighted by Crippen LogP contribution is 2.42. The van der Waals surface area contributed by atoms with Gasteiger partial charge in [0.25, 0.3) is 0 Å². The third-order valence-corrected chi connectivity index (χ3v) is 30.3. The Hall–Kier alpha value is -10.4. The molecule has 12 heterocycles. The normalized spacial score (nSPS) is 22.2. The third-order valence-electron chi connectivity index (χ3n) is 23.4. The molecule has 4 aromatic heterocycles. The number of aromatic nitrogens is 5. The predicted molar refractivity (Wildman–Crippen MR) is 424 cm³/mol. The maximum Gasteiger partial charge on any atom is 0.452 e. The van der Waals surface area contributed by atoms with Gasteiger partial charge in [-0.2, -0.15) is 39.5 Å². The Balaban J connectivity index is 0.000000143. The Kier molecular flexibility index (Phi) is 28.0. The van der Waals surface area contributed by atoms with E-state index < -0.39 is 135 Å². The molecule has 8 aromatic rings. The van der Waals surface area contributed by atoms with Gasteiger partial charge in [0.1, 0.15) is 62.6 Å². The van der Waals surface area contributed by atoms with Crippen LogP contribution in [0.15, 0.2) is 147 Å². The van der Waals surface area contributed by atoms with E-state index in [0.717, 1.165) is 18.2 Å². The highest BCUT2D eigenvalue weighted by molar-refractivity contribution is 7.92. The van der Waals surface area contributed by atoms with Gasteiger partial charge in [-0.1, -0.05) is 70.1 Å². The monoisotopic (exact) mass is 1840 g/mol. The minimum Gasteiger partial charge on any atom is -0.350 e. The first-order valence-electron chi connectivity index (χ1n) is 40.0. The summed E-state index contributed by atoms with van der Waals surface area (Å²) in [4.78, 5) is 74.8. The molecule has 16 rings (SSSR count). The van der Waals surface area contributed by atoms with Crippen molar-refractivity contribution in [3.05, 3.63) is 197 Å². The van der Waals surface area contributed by atoms with Crippen LogP contribution in [0.5, 0.6) is 0 Å². The van der Waals surface area contributed by atoms with Crippen LogP contribution in [0.1, 0.15) is 115 Å². The Morgan fingerprint density at radius 2 is 0.584 bits per heavy atom. The molecule has 0 radical (unpaired) electrons. The number of alkyl halides is 9. The fourth-order valence-corrected chi connectivity index (χ4v) is 22.5. The summed E-state index contributed by atoms with van der Waals surface area (Å²) in [7, 11) is -12.5. The summed E-state index contributed by atoms with van der Waals surface area (Å²) >= 11 is 0. The lowest BCUT2D eigenvalue weighted by Crippen LogP contribution is -2.53. The van der Waals surface area contributed by atoms with Crippen LogP contribution in [0, 0.1) is 46.9 Å². The van der Waals surface area contributed by atoms with Gasteiger partial charge in [-0.25, -0.2) is 61.2 Å². The number of nitrogens with zero attached hydrogens (tertiary/aromatic N) is 13. The van der Waals surface area contributed by atoms with Crippen molar-refractivity contribution in [1.82, 2.24) is 45.0 Å². The fraction of sp³-hybridized carbons (Fsp3) is 0.487. The first-order valence-corrected chi connectivity index (χ1v) is 47.3. The zero-order valence-corrected chi connectivity index (χ0v) is 69.9. The number of carbonyl (C=O) groups excluding carboxylic acids is 4. The molecular weight excluding hydrogens is 1760 g/mol. The van der Waals surface area contributed by atoms with E-state index in [0.29, 0.717) is 60.7 Å². The van der Waals surface area contributed by atoms with Gasteiger partial charge in [0, 0.05) is 138 Å². The van der Waals surface area contributed by atoms with E-state index in [1.165, 1.54) is 78.9 Å². The molecule has 0 N–H and O–H groups in total. The topological polar surface area (TPSA) is 335 Å². The van der Waals surface area contributed by atoms with Gasteiger partial charge in [-0.15, -0.1) is 0 Å². The summed E-state index contributed by atoms with van der Waals surface area (Å²) < 4.78 is 278. The minimum atomic E-state index is -4.67. The number of piperazine rings is 4. The van der Waals surface area contributed by atoms with Crippen molar-refractivity contribution in [1.29, 1.82) is 0 Å². The molecule has 0 spiro atoms. The molecule has 28 nitrogen and oxygen atoms in total. The molecule has 0 aliphatic carbocycles. The second-order valence-corrected chi connectivity index (χ2v) is 40.8. The van der Waals surface area contributed by atoms with E-state index in [9.17, 15) is 110 Å². The lowest BCUT2D eigenvalue weighted by molar-refractivity contribution is -0.156. The van der Waals surface area contributed by atoms with Crippen molar-refractivity contribution in [3.8, 4) is 0 Å². The molecule has 8 fully saturated rings. The van der Waals surface area contributed by atoms with E-state index in [-0.39, 0.29) is 196 Å². The van der Waals surface area contributed by atoms with Crippen molar-refractivity contribution >= 4 is 86.4 Å². The zero-order chi connectivity index (χ0) is 89.7. The molecule has 8 aliphatic rings. The number of hydrogen-bond acceptors (Lipinski definition) is 24. The van der Waals surface area contributed by atoms with E-state index in [2.05, 4.69) is 39.0 Å². The van der Waals surface area contributed by atoms with Crippen LogP contribution in [-0.2, 0) is 77.1 Å². The zero-order valence-electron chi connectivity index (χ0n) is 66.6. The largest absolute Gasteiger partial charge is 0.452 e. The van der Waals surface area contributed by atoms with Gasteiger partial charge in [-0.3, -0.25) is 19.2 Å². The first kappa shape index (κ1) is 92.2. The van der Waals surface area contributed by atoms with Gasteiger partial charge < -0.3 is 52.8 Å². The number of anilines is 4. The molecular formula is C80H86F13N13O15S4. The summed E-state index contributed by atoms with van der Waals surface area (Å²) in [5.74, 6) is -7.46. The summed E-state index contributed by atoms with van der Waals surface area (Å²) in [6.07, 6.45) is -8.65. The summed E-state index contributed by atoms with van der Waals surface area (Å²) in [6.45, 7) is 2.95. The molecule has 8 saturated heterocycles. The van der Waals surface area contributed by atoms with Gasteiger partial charge in [-0.05, 0) is 117 Å². The highest BCUT2D eigenvalue weighted by Gasteiger charge is 2.47. The minimum absolute atomic E-state index is 0.000274. The van der Waals surface area contributed by atoms with E-state index in [4.69, 9.17) is 0 Å². The van der Waals surface area contributed by atoms with Crippen LogP contribution in [0.2, 0.25) is 0 Å².